The summed E-state index contributed by atoms with van der Waals surface area (Å²) >= 11 is 0. The Bertz CT molecular complexity index is 608. The van der Waals surface area contributed by atoms with Gasteiger partial charge in [0.2, 0.25) is 11.9 Å². The van der Waals surface area contributed by atoms with Crippen molar-refractivity contribution < 1.29 is 13.5 Å². The zero-order valence-corrected chi connectivity index (χ0v) is 10.7. The maximum Gasteiger partial charge on any atom is 0.323 e. The van der Waals surface area contributed by atoms with Gasteiger partial charge in [-0.25, -0.2) is 8.78 Å². The zero-order valence-electron chi connectivity index (χ0n) is 10.7. The summed E-state index contributed by atoms with van der Waals surface area (Å²) in [5.74, 6) is -0.936. The van der Waals surface area contributed by atoms with E-state index in [0.717, 1.165) is 18.2 Å². The first-order valence-electron chi connectivity index (χ1n) is 5.90. The Morgan fingerprint density at radius 3 is 2.80 bits per heavy atom. The molecule has 0 radical (unpaired) electrons. The Balaban J connectivity index is 2.12. The van der Waals surface area contributed by atoms with E-state index in [1.165, 1.54) is 0 Å². The van der Waals surface area contributed by atoms with E-state index in [9.17, 15) is 8.78 Å². The van der Waals surface area contributed by atoms with Gasteiger partial charge in [0.1, 0.15) is 11.6 Å². The number of benzene rings is 1. The van der Waals surface area contributed by atoms with Crippen LogP contribution in [0.15, 0.2) is 18.2 Å². The fourth-order valence-corrected chi connectivity index (χ4v) is 1.50. The van der Waals surface area contributed by atoms with Crippen molar-refractivity contribution in [2.45, 2.75) is 13.5 Å². The molecule has 0 spiro atoms. The molecular formula is C12H13F2N5O. The number of aromatic nitrogens is 3. The molecule has 6 nitrogen and oxygen atoms in total. The van der Waals surface area contributed by atoms with Crippen LogP contribution >= 0.6 is 0 Å². The predicted octanol–water partition coefficient (Wildman–Crippen LogP) is 1.74. The van der Waals surface area contributed by atoms with Gasteiger partial charge in [-0.15, -0.1) is 0 Å². The van der Waals surface area contributed by atoms with Crippen LogP contribution in [0.4, 0.5) is 20.7 Å². The largest absolute Gasteiger partial charge is 0.464 e. The summed E-state index contributed by atoms with van der Waals surface area (Å²) in [4.78, 5) is 11.5. The van der Waals surface area contributed by atoms with Crippen molar-refractivity contribution >= 4 is 11.9 Å². The SMILES string of the molecule is CCOc1nc(N)nc(NCc2cc(F)ccc2F)n1. The second-order valence-electron chi connectivity index (χ2n) is 3.82. The number of nitrogens with two attached hydrogens (primary N) is 1. The van der Waals surface area contributed by atoms with Crippen LogP contribution in [0, 0.1) is 11.6 Å². The molecule has 8 heteroatoms. The molecule has 106 valence electrons. The third-order valence-corrected chi connectivity index (χ3v) is 2.35. The molecule has 0 unspecified atom stereocenters. The highest BCUT2D eigenvalue weighted by Crippen LogP contribution is 2.13. The minimum absolute atomic E-state index is 0.0125. The maximum absolute atomic E-state index is 13.4. The summed E-state index contributed by atoms with van der Waals surface area (Å²) in [6.45, 7) is 2.16. The number of nitrogen functional groups attached to an aromatic ring is 1. The molecule has 1 aromatic heterocycles. The lowest BCUT2D eigenvalue weighted by Gasteiger charge is -2.08. The monoisotopic (exact) mass is 281 g/mol. The van der Waals surface area contributed by atoms with E-state index in [1.54, 1.807) is 6.92 Å². The number of anilines is 2. The average Bonchev–Trinajstić information content (AvgIpc) is 2.40. The smallest absolute Gasteiger partial charge is 0.323 e. The average molecular weight is 281 g/mol. The number of halogens is 2. The lowest BCUT2D eigenvalue weighted by atomic mass is 10.2. The first-order valence-corrected chi connectivity index (χ1v) is 5.90. The molecular weight excluding hydrogens is 268 g/mol. The molecule has 2 rings (SSSR count). The number of rotatable bonds is 5. The number of nitrogens with zero attached hydrogens (tertiary/aromatic N) is 3. The summed E-state index contributed by atoms with van der Waals surface area (Å²) in [5, 5.41) is 2.74. The van der Waals surface area contributed by atoms with Crippen LogP contribution in [0.5, 0.6) is 6.01 Å². The van der Waals surface area contributed by atoms with Crippen LogP contribution < -0.4 is 15.8 Å². The maximum atomic E-state index is 13.4. The third kappa shape index (κ3) is 3.50. The quantitative estimate of drug-likeness (QED) is 0.868. The first-order chi connectivity index (χ1) is 9.58. The fourth-order valence-electron chi connectivity index (χ4n) is 1.50. The van der Waals surface area contributed by atoms with Gasteiger partial charge >= 0.3 is 6.01 Å². The molecule has 2 aromatic rings. The highest BCUT2D eigenvalue weighted by Gasteiger charge is 2.07. The minimum atomic E-state index is -0.522. The predicted molar refractivity (Wildman–Crippen MR) is 69.1 cm³/mol. The van der Waals surface area contributed by atoms with Gasteiger partial charge < -0.3 is 15.8 Å². The van der Waals surface area contributed by atoms with Gasteiger partial charge in [-0.3, -0.25) is 0 Å². The lowest BCUT2D eigenvalue weighted by molar-refractivity contribution is 0.312. The van der Waals surface area contributed by atoms with Crippen molar-refractivity contribution in [1.29, 1.82) is 0 Å². The minimum Gasteiger partial charge on any atom is -0.464 e. The van der Waals surface area contributed by atoms with Gasteiger partial charge in [0, 0.05) is 12.1 Å². The number of nitrogens with one attached hydrogen (secondary N) is 1. The van der Waals surface area contributed by atoms with E-state index in [4.69, 9.17) is 10.5 Å². The van der Waals surface area contributed by atoms with Crippen LogP contribution in [-0.4, -0.2) is 21.6 Å². The molecule has 0 fully saturated rings. The van der Waals surface area contributed by atoms with E-state index in [0.29, 0.717) is 6.61 Å². The van der Waals surface area contributed by atoms with Gasteiger partial charge in [0.15, 0.2) is 0 Å². The van der Waals surface area contributed by atoms with Crippen LogP contribution in [-0.2, 0) is 6.54 Å². The Labute approximate surface area is 114 Å². The van der Waals surface area contributed by atoms with Gasteiger partial charge in [-0.1, -0.05) is 0 Å². The van der Waals surface area contributed by atoms with E-state index in [2.05, 4.69) is 20.3 Å². The van der Waals surface area contributed by atoms with Crippen molar-refractivity contribution in [3.8, 4) is 6.01 Å². The van der Waals surface area contributed by atoms with Crippen molar-refractivity contribution in [3.63, 3.8) is 0 Å². The first kappa shape index (κ1) is 13.9. The molecule has 20 heavy (non-hydrogen) atoms. The standard InChI is InChI=1S/C12H13F2N5O/c1-2-20-12-18-10(15)17-11(19-12)16-6-7-5-8(13)3-4-9(7)14/h3-5H,2,6H2,1H3,(H3,15,16,17,18,19). The van der Waals surface area contributed by atoms with E-state index in [1.807, 2.05) is 0 Å². The van der Waals surface area contributed by atoms with Crippen LogP contribution in [0.1, 0.15) is 12.5 Å². The summed E-state index contributed by atoms with van der Waals surface area (Å²) in [5.41, 5.74) is 5.65. The van der Waals surface area contributed by atoms with Crippen LogP contribution in [0.3, 0.4) is 0 Å². The normalized spacial score (nSPS) is 10.3. The molecule has 1 aromatic carbocycles. The Hall–Kier alpha value is -2.51. The Morgan fingerprint density at radius 2 is 2.05 bits per heavy atom. The van der Waals surface area contributed by atoms with Crippen LogP contribution in [0.25, 0.3) is 0 Å². The van der Waals surface area contributed by atoms with Crippen molar-refractivity contribution in [2.24, 2.45) is 0 Å². The van der Waals surface area contributed by atoms with E-state index >= 15 is 0 Å². The summed E-state index contributed by atoms with van der Waals surface area (Å²) in [6, 6.07) is 3.27. The van der Waals surface area contributed by atoms with Crippen LogP contribution in [0.2, 0.25) is 0 Å². The number of ether oxygens (including phenoxy) is 1. The number of hydrogen-bond acceptors (Lipinski definition) is 6. The molecule has 0 saturated heterocycles. The second kappa shape index (κ2) is 6.09. The molecule has 0 saturated carbocycles. The van der Waals surface area contributed by atoms with Crippen molar-refractivity contribution in [3.05, 3.63) is 35.4 Å². The lowest BCUT2D eigenvalue weighted by Crippen LogP contribution is -2.10. The molecule has 0 bridgehead atoms. The Morgan fingerprint density at radius 1 is 1.25 bits per heavy atom. The molecule has 3 N–H and O–H groups in total. The second-order valence-corrected chi connectivity index (χ2v) is 3.82. The fraction of sp³-hybridized carbons (Fsp3) is 0.250. The van der Waals surface area contributed by atoms with Crippen molar-refractivity contribution in [1.82, 2.24) is 15.0 Å². The topological polar surface area (TPSA) is 86.0 Å². The molecule has 0 amide bonds. The van der Waals surface area contributed by atoms with Gasteiger partial charge in [0.25, 0.3) is 0 Å². The van der Waals surface area contributed by atoms with Gasteiger partial charge in [-0.05, 0) is 25.1 Å². The molecule has 0 aliphatic rings. The highest BCUT2D eigenvalue weighted by atomic mass is 19.1. The van der Waals surface area contributed by atoms with Gasteiger partial charge in [-0.2, -0.15) is 15.0 Å². The summed E-state index contributed by atoms with van der Waals surface area (Å²) < 4.78 is 31.6. The van der Waals surface area contributed by atoms with E-state index in [-0.39, 0.29) is 30.0 Å². The molecule has 1 heterocycles. The Kier molecular flexibility index (Phi) is 4.24. The third-order valence-electron chi connectivity index (χ3n) is 2.35. The zero-order chi connectivity index (χ0) is 14.5. The molecule has 0 aliphatic carbocycles. The van der Waals surface area contributed by atoms with E-state index < -0.39 is 11.6 Å². The summed E-state index contributed by atoms with van der Waals surface area (Å²) in [7, 11) is 0. The summed E-state index contributed by atoms with van der Waals surface area (Å²) in [6.07, 6.45) is 0. The molecule has 0 atom stereocenters. The number of hydrogen-bond donors (Lipinski definition) is 2. The highest BCUT2D eigenvalue weighted by molar-refractivity contribution is 5.34. The van der Waals surface area contributed by atoms with Crippen molar-refractivity contribution in [2.75, 3.05) is 17.7 Å². The van der Waals surface area contributed by atoms with Gasteiger partial charge in [0.05, 0.1) is 6.61 Å². The molecule has 0 aliphatic heterocycles.